The number of hydrogen-bond acceptors (Lipinski definition) is 2. The molecule has 0 radical (unpaired) electrons. The first-order valence-corrected chi connectivity index (χ1v) is 9.85. The SMILES string of the molecule is CCOc1ccc([Te]/C=C/C(=O)c2ccc(Br)cc2)cc1. The van der Waals surface area contributed by atoms with Gasteiger partial charge in [0.2, 0.25) is 0 Å². The van der Waals surface area contributed by atoms with Crippen molar-refractivity contribution in [3.63, 3.8) is 0 Å². The van der Waals surface area contributed by atoms with E-state index in [-0.39, 0.29) is 5.78 Å². The Balaban J connectivity index is 1.92. The van der Waals surface area contributed by atoms with Crippen LogP contribution in [0, 0.1) is 0 Å². The van der Waals surface area contributed by atoms with Gasteiger partial charge in [0.15, 0.2) is 0 Å². The molecule has 0 aliphatic rings. The molecule has 0 aromatic heterocycles. The molecule has 0 heterocycles. The van der Waals surface area contributed by atoms with Gasteiger partial charge in [-0.2, -0.15) is 0 Å². The summed E-state index contributed by atoms with van der Waals surface area (Å²) in [6, 6.07) is 15.5. The number of ketones is 1. The van der Waals surface area contributed by atoms with E-state index >= 15 is 0 Å². The Morgan fingerprint density at radius 3 is 2.43 bits per heavy atom. The van der Waals surface area contributed by atoms with E-state index in [1.54, 1.807) is 6.08 Å². The van der Waals surface area contributed by atoms with Gasteiger partial charge in [-0.25, -0.2) is 0 Å². The van der Waals surface area contributed by atoms with Gasteiger partial charge >= 0.3 is 144 Å². The van der Waals surface area contributed by atoms with Gasteiger partial charge in [-0.1, -0.05) is 0 Å². The van der Waals surface area contributed by atoms with Gasteiger partial charge in [-0.05, 0) is 0 Å². The first-order chi connectivity index (χ1) is 10.2. The zero-order valence-corrected chi connectivity index (χ0v) is 15.5. The van der Waals surface area contributed by atoms with Gasteiger partial charge in [-0.3, -0.25) is 0 Å². The predicted octanol–water partition coefficient (Wildman–Crippen LogP) is 3.57. The summed E-state index contributed by atoms with van der Waals surface area (Å²) in [5, 5.41) is 0. The molecule has 108 valence electrons. The Kier molecular flexibility index (Phi) is 6.50. The summed E-state index contributed by atoms with van der Waals surface area (Å²) in [6.45, 7) is 2.65. The van der Waals surface area contributed by atoms with E-state index in [4.69, 9.17) is 4.74 Å². The zero-order valence-electron chi connectivity index (χ0n) is 11.6. The molecule has 0 amide bonds. The number of rotatable bonds is 6. The topological polar surface area (TPSA) is 26.3 Å². The van der Waals surface area contributed by atoms with Gasteiger partial charge in [0.25, 0.3) is 0 Å². The summed E-state index contributed by atoms with van der Waals surface area (Å²) in [5.74, 6) is 0.946. The van der Waals surface area contributed by atoms with Crippen molar-refractivity contribution in [3.05, 3.63) is 68.8 Å². The van der Waals surface area contributed by atoms with Crippen molar-refractivity contribution < 1.29 is 9.53 Å². The summed E-state index contributed by atoms with van der Waals surface area (Å²) < 4.78 is 9.69. The fraction of sp³-hybridized carbons (Fsp3) is 0.118. The molecule has 0 atom stereocenters. The first-order valence-electron chi connectivity index (χ1n) is 6.55. The summed E-state index contributed by atoms with van der Waals surface area (Å²) >= 11 is 2.88. The van der Waals surface area contributed by atoms with E-state index in [1.807, 2.05) is 47.4 Å². The molecular formula is C17H15BrO2Te. The van der Waals surface area contributed by atoms with Crippen LogP contribution in [0.4, 0.5) is 0 Å². The van der Waals surface area contributed by atoms with Crippen LogP contribution < -0.4 is 8.35 Å². The molecule has 21 heavy (non-hydrogen) atoms. The second kappa shape index (κ2) is 8.38. The molecule has 0 N–H and O–H groups in total. The van der Waals surface area contributed by atoms with Gasteiger partial charge < -0.3 is 0 Å². The number of hydrogen-bond donors (Lipinski definition) is 0. The van der Waals surface area contributed by atoms with Crippen LogP contribution in [-0.4, -0.2) is 33.3 Å². The Morgan fingerprint density at radius 2 is 1.81 bits per heavy atom. The summed E-state index contributed by atoms with van der Waals surface area (Å²) in [6.07, 6.45) is 1.68. The molecular weight excluding hydrogens is 444 g/mol. The van der Waals surface area contributed by atoms with Gasteiger partial charge in [0.05, 0.1) is 0 Å². The van der Waals surface area contributed by atoms with Crippen LogP contribution in [-0.2, 0) is 0 Å². The Morgan fingerprint density at radius 1 is 1.14 bits per heavy atom. The number of benzene rings is 2. The fourth-order valence-electron chi connectivity index (χ4n) is 1.67. The van der Waals surface area contributed by atoms with Crippen molar-refractivity contribution in [2.45, 2.75) is 6.92 Å². The summed E-state index contributed by atoms with van der Waals surface area (Å²) in [5.41, 5.74) is 0.716. The van der Waals surface area contributed by atoms with Gasteiger partial charge in [0, 0.05) is 0 Å². The molecule has 4 heteroatoms. The van der Waals surface area contributed by atoms with Crippen LogP contribution in [0.25, 0.3) is 0 Å². The maximum atomic E-state index is 12.0. The molecule has 2 aromatic carbocycles. The molecule has 0 unspecified atom stereocenters. The number of carbonyl (C=O) groups is 1. The maximum absolute atomic E-state index is 12.0. The fourth-order valence-corrected chi connectivity index (χ4v) is 3.76. The molecule has 0 fully saturated rings. The standard InChI is InChI=1S/C17H15BrO2Te/c1-2-20-15-7-9-16(10-8-15)21-12-11-17(19)13-3-5-14(18)6-4-13/h3-12H,2H2,1H3/b12-11+. The molecule has 0 aliphatic carbocycles. The third-order valence-corrected chi connectivity index (χ3v) is 5.55. The van der Waals surface area contributed by atoms with Crippen molar-refractivity contribution in [1.82, 2.24) is 0 Å². The van der Waals surface area contributed by atoms with Crippen molar-refractivity contribution in [2.75, 3.05) is 6.61 Å². The second-order valence-electron chi connectivity index (χ2n) is 4.20. The van der Waals surface area contributed by atoms with Crippen LogP contribution in [0.2, 0.25) is 0 Å². The summed E-state index contributed by atoms with van der Waals surface area (Å²) in [7, 11) is 0. The number of allylic oxidation sites excluding steroid dienone is 1. The van der Waals surface area contributed by atoms with Crippen LogP contribution in [0.3, 0.4) is 0 Å². The number of carbonyl (C=O) groups excluding carboxylic acids is 1. The Hall–Kier alpha value is -1.08. The van der Waals surface area contributed by atoms with E-state index in [9.17, 15) is 4.79 Å². The predicted molar refractivity (Wildman–Crippen MR) is 90.6 cm³/mol. The van der Waals surface area contributed by atoms with E-state index in [0.29, 0.717) is 12.2 Å². The van der Waals surface area contributed by atoms with Gasteiger partial charge in [-0.15, -0.1) is 0 Å². The zero-order chi connectivity index (χ0) is 15.1. The minimum absolute atomic E-state index is 0.0542. The molecule has 2 aromatic rings. The van der Waals surface area contributed by atoms with Crippen molar-refractivity contribution >= 4 is 46.2 Å². The van der Waals surface area contributed by atoms with Crippen LogP contribution >= 0.6 is 15.9 Å². The summed E-state index contributed by atoms with van der Waals surface area (Å²) in [4.78, 5) is 12.0. The molecule has 0 aliphatic heterocycles. The second-order valence-corrected chi connectivity index (χ2v) is 7.91. The Bertz CT molecular complexity index is 618. The molecule has 0 spiro atoms. The molecule has 0 saturated heterocycles. The first kappa shape index (κ1) is 16.3. The molecule has 2 rings (SSSR count). The normalized spacial score (nSPS) is 10.8. The number of halogens is 1. The van der Waals surface area contributed by atoms with Crippen LogP contribution in [0.1, 0.15) is 17.3 Å². The average Bonchev–Trinajstić information content (AvgIpc) is 2.50. The average molecular weight is 459 g/mol. The van der Waals surface area contributed by atoms with Crippen molar-refractivity contribution in [3.8, 4) is 5.75 Å². The van der Waals surface area contributed by atoms with E-state index in [2.05, 4.69) is 28.1 Å². The Labute approximate surface area is 143 Å². The third kappa shape index (κ3) is 5.32. The van der Waals surface area contributed by atoms with Crippen LogP contribution in [0.15, 0.2) is 63.2 Å². The molecule has 0 saturated carbocycles. The minimum atomic E-state index is -0.480. The van der Waals surface area contributed by atoms with Crippen molar-refractivity contribution in [1.29, 1.82) is 0 Å². The van der Waals surface area contributed by atoms with E-state index < -0.39 is 20.9 Å². The van der Waals surface area contributed by atoms with Crippen molar-refractivity contribution in [2.24, 2.45) is 0 Å². The number of ether oxygens (including phenoxy) is 1. The van der Waals surface area contributed by atoms with E-state index in [0.717, 1.165) is 10.2 Å². The monoisotopic (exact) mass is 460 g/mol. The molecule has 2 nitrogen and oxygen atoms in total. The quantitative estimate of drug-likeness (QED) is 0.376. The molecule has 0 bridgehead atoms. The third-order valence-electron chi connectivity index (χ3n) is 2.69. The van der Waals surface area contributed by atoms with E-state index in [1.165, 1.54) is 3.61 Å². The van der Waals surface area contributed by atoms with Gasteiger partial charge in [0.1, 0.15) is 0 Å². The van der Waals surface area contributed by atoms with Crippen LogP contribution in [0.5, 0.6) is 5.75 Å².